The van der Waals surface area contributed by atoms with E-state index in [0.29, 0.717) is 22.8 Å². The van der Waals surface area contributed by atoms with Crippen LogP contribution in [0.2, 0.25) is 0 Å². The van der Waals surface area contributed by atoms with Crippen LogP contribution in [0.3, 0.4) is 0 Å². The van der Waals surface area contributed by atoms with E-state index in [4.69, 9.17) is 8.22 Å². The summed E-state index contributed by atoms with van der Waals surface area (Å²) in [5, 5.41) is 0. The number of benzene rings is 5. The lowest BCUT2D eigenvalue weighted by Gasteiger charge is -2.18. The number of pyridine rings is 5. The fourth-order valence-corrected chi connectivity index (χ4v) is 10.8. The average molecular weight is 1140 g/mol. The van der Waals surface area contributed by atoms with Gasteiger partial charge in [-0.25, -0.2) is 22.8 Å². The highest BCUT2D eigenvalue weighted by molar-refractivity contribution is 5.65. The second-order valence-electron chi connectivity index (χ2n) is 24.7. The Morgan fingerprint density at radius 3 is 1.02 bits per heavy atom. The molecule has 5 nitrogen and oxygen atoms in total. The van der Waals surface area contributed by atoms with Gasteiger partial charge in [0.05, 0.1) is 0 Å². The molecule has 0 saturated heterocycles. The highest BCUT2D eigenvalue weighted by atomic mass is 14.9. The summed E-state index contributed by atoms with van der Waals surface area (Å²) in [5.41, 5.74) is 24.1. The molecule has 0 unspecified atom stereocenters. The van der Waals surface area contributed by atoms with Crippen molar-refractivity contribution in [2.75, 3.05) is 0 Å². The van der Waals surface area contributed by atoms with Crippen LogP contribution < -0.4 is 22.8 Å². The Kier molecular flexibility index (Phi) is 21.0. The molecule has 0 atom stereocenters. The lowest BCUT2D eigenvalue weighted by Crippen LogP contribution is -2.30. The highest BCUT2D eigenvalue weighted by Gasteiger charge is 2.18. The predicted molar refractivity (Wildman–Crippen MR) is 359 cm³/mol. The Morgan fingerprint density at radius 1 is 0.376 bits per heavy atom. The first kappa shape index (κ1) is 57.3. The van der Waals surface area contributed by atoms with Gasteiger partial charge in [-0.2, -0.15) is 0 Å². The maximum atomic E-state index is 7.42. The smallest absolute Gasteiger partial charge is 0.201 e. The van der Waals surface area contributed by atoms with E-state index in [-0.39, 0.29) is 6.42 Å². The van der Waals surface area contributed by atoms with E-state index in [1.54, 1.807) is 12.1 Å². The Morgan fingerprint density at radius 2 is 0.706 bits per heavy atom. The minimum atomic E-state index is -2.04. The molecule has 10 aromatic rings. The fourth-order valence-electron chi connectivity index (χ4n) is 10.8. The number of rotatable bonds is 10. The maximum Gasteiger partial charge on any atom is 0.212 e. The van der Waals surface area contributed by atoms with Gasteiger partial charge < -0.3 is 0 Å². The largest absolute Gasteiger partial charge is 0.212 e. The van der Waals surface area contributed by atoms with Gasteiger partial charge >= 0.3 is 0 Å². The SMILES string of the molecule is Cc1cc(C(C)C)ccc1-c1cccc[n+]1C.Cc1cc(CC(C)(C)C)ccc1-c1cccc[n+]1C.Cc1cc(CC(C)C)ccc1-c1cccc[n+]1C.[2H]C([2H])([2H])Cc1ccc(-c2cccc[n+]2C)c(C)c1.[2H]C([2H])([2H])c1ccc(-c2cccc[n+]2C)c(C)c1. The van der Waals surface area contributed by atoms with Crippen LogP contribution in [0.15, 0.2) is 213 Å². The van der Waals surface area contributed by atoms with Crippen LogP contribution in [-0.2, 0) is 54.5 Å². The number of aromatic nitrogens is 5. The van der Waals surface area contributed by atoms with Gasteiger partial charge in [0.2, 0.25) is 28.5 Å². The van der Waals surface area contributed by atoms with Crippen LogP contribution in [0.1, 0.15) is 125 Å². The van der Waals surface area contributed by atoms with E-state index in [0.717, 1.165) is 52.0 Å². The topological polar surface area (TPSA) is 19.4 Å². The lowest BCUT2D eigenvalue weighted by atomic mass is 9.87. The number of hydrogen-bond donors (Lipinski definition) is 0. The molecule has 10 rings (SSSR count). The van der Waals surface area contributed by atoms with Crippen LogP contribution in [0.4, 0.5) is 0 Å². The molecular formula is C80H100N5+5. The fraction of sp³-hybridized carbons (Fsp3) is 0.312. The van der Waals surface area contributed by atoms with Gasteiger partial charge in [0, 0.05) is 96.7 Å². The van der Waals surface area contributed by atoms with Gasteiger partial charge in [-0.1, -0.05) is 122 Å². The molecule has 0 aliphatic heterocycles. The summed E-state index contributed by atoms with van der Waals surface area (Å²) >= 11 is 0. The Bertz CT molecular complexity index is 3910. The molecule has 0 bridgehead atoms. The van der Waals surface area contributed by atoms with Crippen molar-refractivity contribution in [1.82, 2.24) is 0 Å². The Balaban J connectivity index is 0.000000181. The minimum absolute atomic E-state index is 0.120. The zero-order chi connectivity index (χ0) is 67.0. The van der Waals surface area contributed by atoms with Crippen LogP contribution in [0.5, 0.6) is 0 Å². The standard InChI is InChI=1S/C18H24N.C17H22N.C16H20N.C15H18N.C14H16N/c1-14-12-15(13-18(2,3)4)9-10-16(14)17-8-6-7-11-19(17)5;1-13(2)11-15-8-9-16(14(3)12-15)17-7-5-6-10-18(17)4;1-12(2)14-8-9-15(13(3)11-14)16-7-5-6-10-17(16)4;1-4-13-8-9-14(12(2)11-13)15-7-5-6-10-16(15)3;1-11-7-8-13(12(2)10-11)14-6-4-5-9-15(14)3/h6-12H,13H2,1-5H3;5-10,12-13H,11H2,1-4H3;5-12H,1-4H3;5-11H,4H2,1-3H3;4-10H,1-3H3/q5*+1/i;;;2*1D3. The molecule has 85 heavy (non-hydrogen) atoms. The summed E-state index contributed by atoms with van der Waals surface area (Å²) in [5.74, 6) is 1.30. The van der Waals surface area contributed by atoms with Crippen molar-refractivity contribution in [3.63, 3.8) is 0 Å². The zero-order valence-corrected chi connectivity index (χ0v) is 54.2. The number of hydrogen-bond acceptors (Lipinski definition) is 0. The monoisotopic (exact) mass is 1140 g/mol. The zero-order valence-electron chi connectivity index (χ0n) is 60.2. The first-order valence-corrected chi connectivity index (χ1v) is 30.1. The highest BCUT2D eigenvalue weighted by Crippen LogP contribution is 2.28. The molecule has 5 aromatic carbocycles. The summed E-state index contributed by atoms with van der Waals surface area (Å²) < 4.78 is 54.8. The first-order valence-electron chi connectivity index (χ1n) is 33.1. The molecule has 0 aliphatic carbocycles. The van der Waals surface area contributed by atoms with Crippen molar-refractivity contribution in [3.05, 3.63) is 269 Å². The summed E-state index contributed by atoms with van der Waals surface area (Å²) in [7, 11) is 10.3. The van der Waals surface area contributed by atoms with Crippen LogP contribution >= 0.6 is 0 Å². The third-order valence-corrected chi connectivity index (χ3v) is 15.3. The van der Waals surface area contributed by atoms with E-state index in [9.17, 15) is 0 Å². The second kappa shape index (κ2) is 31.1. The van der Waals surface area contributed by atoms with Crippen molar-refractivity contribution < 1.29 is 31.1 Å². The van der Waals surface area contributed by atoms with Gasteiger partial charge in [0.15, 0.2) is 31.0 Å². The second-order valence-corrected chi connectivity index (χ2v) is 24.7. The molecule has 0 saturated carbocycles. The molecule has 5 heteroatoms. The summed E-state index contributed by atoms with van der Waals surface area (Å²) in [6, 6.07) is 62.6. The molecule has 440 valence electrons. The molecule has 0 fully saturated rings. The van der Waals surface area contributed by atoms with Crippen LogP contribution in [0, 0.1) is 52.8 Å². The van der Waals surface area contributed by atoms with Gasteiger partial charge in [-0.15, -0.1) is 0 Å². The van der Waals surface area contributed by atoms with Gasteiger partial charge in [0.25, 0.3) is 0 Å². The molecule has 0 N–H and O–H groups in total. The van der Waals surface area contributed by atoms with E-state index < -0.39 is 13.7 Å². The third-order valence-electron chi connectivity index (χ3n) is 15.3. The van der Waals surface area contributed by atoms with Crippen molar-refractivity contribution in [2.45, 2.75) is 122 Å². The van der Waals surface area contributed by atoms with Crippen molar-refractivity contribution in [1.29, 1.82) is 0 Å². The minimum Gasteiger partial charge on any atom is -0.201 e. The summed E-state index contributed by atoms with van der Waals surface area (Å²) in [6.07, 6.45) is 12.7. The van der Waals surface area contributed by atoms with E-state index in [1.807, 2.05) is 99.5 Å². The summed E-state index contributed by atoms with van der Waals surface area (Å²) in [4.78, 5) is 0. The number of nitrogens with zero attached hydrogens (tertiary/aromatic N) is 5. The molecule has 0 radical (unpaired) electrons. The van der Waals surface area contributed by atoms with E-state index >= 15 is 0 Å². The van der Waals surface area contributed by atoms with E-state index in [2.05, 4.69) is 243 Å². The molecule has 0 aliphatic rings. The molecule has 5 aromatic heterocycles. The first-order chi connectivity index (χ1) is 42.8. The predicted octanol–water partition coefficient (Wildman–Crippen LogP) is 17.2. The maximum absolute atomic E-state index is 7.42. The van der Waals surface area contributed by atoms with Crippen molar-refractivity contribution in [3.8, 4) is 56.3 Å². The van der Waals surface area contributed by atoms with Crippen LogP contribution in [-0.4, -0.2) is 0 Å². The van der Waals surface area contributed by atoms with Gasteiger partial charge in [0.1, 0.15) is 35.2 Å². The average Bonchev–Trinajstić information content (AvgIpc) is 1.05. The number of aryl methyl sites for hydroxylation is 12. The molecule has 0 amide bonds. The normalized spacial score (nSPS) is 12.2. The Labute approximate surface area is 522 Å². The quantitative estimate of drug-likeness (QED) is 0.122. The molecule has 5 heterocycles. The lowest BCUT2D eigenvalue weighted by molar-refractivity contribution is -0.660. The van der Waals surface area contributed by atoms with E-state index in [1.165, 1.54) is 67.2 Å². The van der Waals surface area contributed by atoms with Gasteiger partial charge in [-0.3, -0.25) is 0 Å². The molecular weight excluding hydrogens is 1030 g/mol. The summed E-state index contributed by atoms with van der Waals surface area (Å²) in [6.45, 7) is 22.5. The van der Waals surface area contributed by atoms with Crippen LogP contribution in [0.25, 0.3) is 56.3 Å². The van der Waals surface area contributed by atoms with Crippen molar-refractivity contribution in [2.24, 2.45) is 46.6 Å². The van der Waals surface area contributed by atoms with Crippen molar-refractivity contribution >= 4 is 0 Å². The van der Waals surface area contributed by atoms with Gasteiger partial charge in [-0.05, 0) is 189 Å². The molecule has 0 spiro atoms. The Hall–Kier alpha value is -8.15. The third kappa shape index (κ3) is 19.2.